The van der Waals surface area contributed by atoms with Crippen LogP contribution in [0.4, 0.5) is 5.13 Å². The minimum Gasteiger partial charge on any atom is -0.345 e. The first-order valence-corrected chi connectivity index (χ1v) is 9.85. The zero-order chi connectivity index (χ0) is 17.2. The maximum atomic E-state index is 12.6. The van der Waals surface area contributed by atoms with Crippen LogP contribution >= 0.6 is 11.3 Å². The molecule has 1 aromatic carbocycles. The summed E-state index contributed by atoms with van der Waals surface area (Å²) < 4.78 is 25.7. The van der Waals surface area contributed by atoms with Crippen LogP contribution in [0.3, 0.4) is 0 Å². The van der Waals surface area contributed by atoms with Crippen LogP contribution in [-0.4, -0.2) is 57.4 Å². The van der Waals surface area contributed by atoms with Crippen molar-refractivity contribution in [3.63, 3.8) is 0 Å². The summed E-state index contributed by atoms with van der Waals surface area (Å²) in [4.78, 5) is 20.9. The van der Waals surface area contributed by atoms with E-state index in [4.69, 9.17) is 0 Å². The van der Waals surface area contributed by atoms with Crippen LogP contribution in [0.5, 0.6) is 0 Å². The maximum Gasteiger partial charge on any atom is 0.253 e. The third-order valence-electron chi connectivity index (χ3n) is 3.94. The largest absolute Gasteiger partial charge is 0.345 e. The van der Waals surface area contributed by atoms with E-state index in [0.717, 1.165) is 18.2 Å². The smallest absolute Gasteiger partial charge is 0.253 e. The molecule has 7 nitrogen and oxygen atoms in total. The van der Waals surface area contributed by atoms with E-state index in [-0.39, 0.29) is 10.8 Å². The van der Waals surface area contributed by atoms with Gasteiger partial charge in [-0.3, -0.25) is 4.79 Å². The molecule has 1 saturated heterocycles. The summed E-state index contributed by atoms with van der Waals surface area (Å²) in [5.41, 5.74) is 0.493. The number of aromatic nitrogens is 1. The van der Waals surface area contributed by atoms with E-state index in [2.05, 4.69) is 14.6 Å². The molecule has 1 N–H and O–H groups in total. The van der Waals surface area contributed by atoms with Gasteiger partial charge in [-0.2, -0.15) is 0 Å². The van der Waals surface area contributed by atoms with Gasteiger partial charge in [-0.15, -0.1) is 11.3 Å². The molecule has 0 bridgehead atoms. The Morgan fingerprint density at radius 1 is 1.17 bits per heavy atom. The fraction of sp³-hybridized carbons (Fsp3) is 0.333. The van der Waals surface area contributed by atoms with E-state index < -0.39 is 10.0 Å². The fourth-order valence-electron chi connectivity index (χ4n) is 2.55. The molecule has 2 heterocycles. The summed E-state index contributed by atoms with van der Waals surface area (Å²) in [6, 6.07) is 6.01. The van der Waals surface area contributed by atoms with Gasteiger partial charge >= 0.3 is 0 Å². The van der Waals surface area contributed by atoms with E-state index in [1.165, 1.54) is 19.2 Å². The van der Waals surface area contributed by atoms with Gasteiger partial charge in [0.05, 0.1) is 4.90 Å². The van der Waals surface area contributed by atoms with Crippen LogP contribution in [0.25, 0.3) is 0 Å². The van der Waals surface area contributed by atoms with Crippen molar-refractivity contribution < 1.29 is 13.2 Å². The number of hydrogen-bond acceptors (Lipinski definition) is 6. The van der Waals surface area contributed by atoms with Crippen LogP contribution in [0, 0.1) is 0 Å². The lowest BCUT2D eigenvalue weighted by Gasteiger charge is -2.34. The highest BCUT2D eigenvalue weighted by molar-refractivity contribution is 7.89. The molecule has 0 spiro atoms. The molecule has 0 unspecified atom stereocenters. The van der Waals surface area contributed by atoms with Crippen molar-refractivity contribution in [3.05, 3.63) is 41.4 Å². The Kier molecular flexibility index (Phi) is 4.83. The van der Waals surface area contributed by atoms with Gasteiger partial charge in [0.2, 0.25) is 10.0 Å². The predicted octanol–water partition coefficient (Wildman–Crippen LogP) is 1.01. The van der Waals surface area contributed by atoms with Crippen LogP contribution in [0.2, 0.25) is 0 Å². The number of carbonyl (C=O) groups excluding carboxylic acids is 1. The summed E-state index contributed by atoms with van der Waals surface area (Å²) in [6.07, 6.45) is 1.78. The number of benzene rings is 1. The number of carbonyl (C=O) groups is 1. The van der Waals surface area contributed by atoms with Gasteiger partial charge in [0.15, 0.2) is 5.13 Å². The summed E-state index contributed by atoms with van der Waals surface area (Å²) >= 11 is 1.59. The Hall–Kier alpha value is -1.97. The summed E-state index contributed by atoms with van der Waals surface area (Å²) in [7, 11) is -2.13. The van der Waals surface area contributed by atoms with Gasteiger partial charge < -0.3 is 9.80 Å². The monoisotopic (exact) mass is 366 g/mol. The van der Waals surface area contributed by atoms with E-state index in [1.807, 2.05) is 5.38 Å². The van der Waals surface area contributed by atoms with Gasteiger partial charge in [-0.05, 0) is 31.3 Å². The standard InChI is InChI=1S/C15H18N4O3S2/c1-16-24(21,22)13-4-2-12(3-5-13)14(20)18-7-9-19(10-8-18)15-17-6-11-23-15/h2-6,11,16H,7-10H2,1H3. The second-order valence-corrected chi connectivity index (χ2v) is 8.09. The molecular formula is C15H18N4O3S2. The van der Waals surface area contributed by atoms with Crippen molar-refractivity contribution in [2.45, 2.75) is 4.90 Å². The number of nitrogens with zero attached hydrogens (tertiary/aromatic N) is 3. The Morgan fingerprint density at radius 3 is 2.38 bits per heavy atom. The van der Waals surface area contributed by atoms with E-state index in [9.17, 15) is 13.2 Å². The molecule has 9 heteroatoms. The van der Waals surface area contributed by atoms with E-state index >= 15 is 0 Å². The molecule has 128 valence electrons. The zero-order valence-corrected chi connectivity index (χ0v) is 14.8. The minimum absolute atomic E-state index is 0.0813. The summed E-state index contributed by atoms with van der Waals surface area (Å²) in [5.74, 6) is -0.0813. The molecule has 1 aromatic heterocycles. The highest BCUT2D eigenvalue weighted by atomic mass is 32.2. The van der Waals surface area contributed by atoms with Gasteiger partial charge in [-0.1, -0.05) is 0 Å². The molecule has 0 atom stereocenters. The van der Waals surface area contributed by atoms with Crippen molar-refractivity contribution in [1.82, 2.24) is 14.6 Å². The zero-order valence-electron chi connectivity index (χ0n) is 13.2. The molecule has 3 rings (SSSR count). The number of nitrogens with one attached hydrogen (secondary N) is 1. The quantitative estimate of drug-likeness (QED) is 0.873. The number of amides is 1. The average molecular weight is 366 g/mol. The molecule has 0 saturated carbocycles. The normalized spacial score (nSPS) is 15.5. The first-order chi connectivity index (χ1) is 11.5. The molecule has 1 aliphatic rings. The number of sulfonamides is 1. The van der Waals surface area contributed by atoms with E-state index in [1.54, 1.807) is 34.6 Å². The highest BCUT2D eigenvalue weighted by Gasteiger charge is 2.23. The van der Waals surface area contributed by atoms with Gasteiger partial charge in [-0.25, -0.2) is 18.1 Å². The fourth-order valence-corrected chi connectivity index (χ4v) is 3.98. The Labute approximate surface area is 145 Å². The first-order valence-electron chi connectivity index (χ1n) is 7.48. The first kappa shape index (κ1) is 16.9. The summed E-state index contributed by atoms with van der Waals surface area (Å²) in [6.45, 7) is 2.72. The third kappa shape index (κ3) is 3.42. The van der Waals surface area contributed by atoms with Crippen molar-refractivity contribution >= 4 is 32.4 Å². The maximum absolute atomic E-state index is 12.6. The van der Waals surface area contributed by atoms with Crippen LogP contribution in [0.15, 0.2) is 40.7 Å². The van der Waals surface area contributed by atoms with Crippen LogP contribution in [-0.2, 0) is 10.0 Å². The number of rotatable bonds is 4. The summed E-state index contributed by atoms with van der Waals surface area (Å²) in [5, 5.41) is 2.91. The Balaban J connectivity index is 1.65. The average Bonchev–Trinajstić information content (AvgIpc) is 3.16. The lowest BCUT2D eigenvalue weighted by atomic mass is 10.2. The minimum atomic E-state index is -3.49. The predicted molar refractivity (Wildman–Crippen MR) is 92.9 cm³/mol. The molecular weight excluding hydrogens is 348 g/mol. The topological polar surface area (TPSA) is 82.6 Å². The Morgan fingerprint density at radius 2 is 1.83 bits per heavy atom. The molecule has 0 aliphatic carbocycles. The Bertz CT molecular complexity index is 796. The number of thiazole rings is 1. The van der Waals surface area contributed by atoms with Gasteiger partial charge in [0.25, 0.3) is 5.91 Å². The molecule has 1 aliphatic heterocycles. The number of anilines is 1. The molecule has 1 fully saturated rings. The highest BCUT2D eigenvalue weighted by Crippen LogP contribution is 2.20. The van der Waals surface area contributed by atoms with Gasteiger partial charge in [0, 0.05) is 43.3 Å². The molecule has 1 amide bonds. The van der Waals surface area contributed by atoms with Gasteiger partial charge in [0.1, 0.15) is 0 Å². The van der Waals surface area contributed by atoms with Crippen LogP contribution < -0.4 is 9.62 Å². The van der Waals surface area contributed by atoms with Crippen molar-refractivity contribution in [3.8, 4) is 0 Å². The lowest BCUT2D eigenvalue weighted by Crippen LogP contribution is -2.48. The van der Waals surface area contributed by atoms with Crippen molar-refractivity contribution in [2.24, 2.45) is 0 Å². The second-order valence-electron chi connectivity index (χ2n) is 5.33. The molecule has 0 radical (unpaired) electrons. The third-order valence-corrected chi connectivity index (χ3v) is 6.20. The molecule has 2 aromatic rings. The number of hydrogen-bond donors (Lipinski definition) is 1. The van der Waals surface area contributed by atoms with Crippen molar-refractivity contribution in [1.29, 1.82) is 0 Å². The van der Waals surface area contributed by atoms with Crippen molar-refractivity contribution in [2.75, 3.05) is 38.1 Å². The lowest BCUT2D eigenvalue weighted by molar-refractivity contribution is 0.0746. The molecule has 24 heavy (non-hydrogen) atoms. The van der Waals surface area contributed by atoms with E-state index in [0.29, 0.717) is 18.7 Å². The van der Waals surface area contributed by atoms with Crippen LogP contribution in [0.1, 0.15) is 10.4 Å². The number of piperazine rings is 1. The SMILES string of the molecule is CNS(=O)(=O)c1ccc(C(=O)N2CCN(c3nccs3)CC2)cc1. The second kappa shape index (κ2) is 6.88.